The van der Waals surface area contributed by atoms with E-state index in [1.54, 1.807) is 18.7 Å². The van der Waals surface area contributed by atoms with Crippen molar-refractivity contribution < 1.29 is 9.15 Å². The Balaban J connectivity index is 1.30. The molecule has 0 unspecified atom stereocenters. The molecule has 8 nitrogen and oxygen atoms in total. The van der Waals surface area contributed by atoms with E-state index in [1.165, 1.54) is 25.9 Å². The van der Waals surface area contributed by atoms with Crippen LogP contribution >= 0.6 is 0 Å². The third kappa shape index (κ3) is 5.45. The summed E-state index contributed by atoms with van der Waals surface area (Å²) in [7, 11) is 0. The zero-order valence-corrected chi connectivity index (χ0v) is 16.6. The first-order valence-electron chi connectivity index (χ1n) is 9.94. The fourth-order valence-electron chi connectivity index (χ4n) is 3.22. The van der Waals surface area contributed by atoms with Gasteiger partial charge in [0.25, 0.3) is 0 Å². The van der Waals surface area contributed by atoms with Crippen molar-refractivity contribution in [1.29, 1.82) is 0 Å². The molecule has 1 aliphatic rings. The van der Waals surface area contributed by atoms with Gasteiger partial charge in [-0.05, 0) is 57.1 Å². The summed E-state index contributed by atoms with van der Waals surface area (Å²) in [6.45, 7) is 6.52. The lowest BCUT2D eigenvalue weighted by molar-refractivity contribution is 0.237. The molecule has 8 heteroatoms. The summed E-state index contributed by atoms with van der Waals surface area (Å²) in [5.41, 5.74) is 0.955. The van der Waals surface area contributed by atoms with Crippen molar-refractivity contribution in [3.63, 3.8) is 0 Å². The minimum atomic E-state index is 0.479. The predicted octanol–water partition coefficient (Wildman–Crippen LogP) is 3.60. The first-order chi connectivity index (χ1) is 14.3. The van der Waals surface area contributed by atoms with Gasteiger partial charge in [0.15, 0.2) is 0 Å². The van der Waals surface area contributed by atoms with Crippen LogP contribution in [0, 0.1) is 6.92 Å². The number of aryl methyl sites for hydroxylation is 1. The molecule has 0 amide bonds. The Morgan fingerprint density at radius 3 is 2.79 bits per heavy atom. The molecule has 29 heavy (non-hydrogen) atoms. The van der Waals surface area contributed by atoms with E-state index in [-0.39, 0.29) is 0 Å². The molecule has 1 fully saturated rings. The van der Waals surface area contributed by atoms with E-state index in [0.29, 0.717) is 24.9 Å². The lowest BCUT2D eigenvalue weighted by atomic mass is 10.3. The second kappa shape index (κ2) is 9.38. The van der Waals surface area contributed by atoms with Crippen molar-refractivity contribution in [2.75, 3.05) is 36.9 Å². The van der Waals surface area contributed by atoms with Crippen molar-refractivity contribution in [2.45, 2.75) is 26.3 Å². The second-order valence-electron chi connectivity index (χ2n) is 7.06. The number of anilines is 3. The van der Waals surface area contributed by atoms with Crippen LogP contribution in [-0.2, 0) is 6.54 Å². The molecule has 1 aliphatic heterocycles. The third-order valence-electron chi connectivity index (χ3n) is 4.83. The average molecular weight is 394 g/mol. The topological polar surface area (TPSA) is 88.3 Å². The highest BCUT2D eigenvalue weighted by atomic mass is 16.5. The first kappa shape index (κ1) is 19.2. The maximum atomic E-state index is 5.79. The Bertz CT molecular complexity index is 892. The molecule has 1 saturated heterocycles. The molecule has 0 atom stereocenters. The van der Waals surface area contributed by atoms with Crippen molar-refractivity contribution >= 4 is 17.6 Å². The number of nitrogens with zero attached hydrogens (tertiary/aromatic N) is 4. The summed E-state index contributed by atoms with van der Waals surface area (Å²) in [4.78, 5) is 15.7. The molecule has 4 heterocycles. The van der Waals surface area contributed by atoms with Gasteiger partial charge in [-0.1, -0.05) is 0 Å². The molecule has 3 aromatic heterocycles. The number of ether oxygens (including phenoxy) is 1. The second-order valence-corrected chi connectivity index (χ2v) is 7.06. The van der Waals surface area contributed by atoms with Crippen molar-refractivity contribution in [3.8, 4) is 5.75 Å². The third-order valence-corrected chi connectivity index (χ3v) is 4.83. The number of hydrogen-bond acceptors (Lipinski definition) is 8. The van der Waals surface area contributed by atoms with E-state index in [9.17, 15) is 0 Å². The summed E-state index contributed by atoms with van der Waals surface area (Å²) in [6, 6.07) is 7.55. The standard InChI is InChI=1S/C21H26N6O2/c1-16-13-24-21(26-20(16)23-15-17-5-4-11-28-17)25-19-7-6-18(14-22-19)29-12-10-27-8-2-3-9-27/h4-7,11,13-14H,2-3,8-10,12,15H2,1H3,(H2,22,23,24,25,26). The molecule has 0 radical (unpaired) electrons. The molecular weight excluding hydrogens is 368 g/mol. The van der Waals surface area contributed by atoms with Crippen LogP contribution in [0.1, 0.15) is 24.2 Å². The quantitative estimate of drug-likeness (QED) is 0.569. The van der Waals surface area contributed by atoms with Crippen LogP contribution < -0.4 is 15.4 Å². The summed E-state index contributed by atoms with van der Waals surface area (Å²) >= 11 is 0. The molecule has 0 bridgehead atoms. The molecule has 2 N–H and O–H groups in total. The van der Waals surface area contributed by atoms with Crippen LogP contribution in [0.25, 0.3) is 0 Å². The Kier molecular flexibility index (Phi) is 6.21. The largest absolute Gasteiger partial charge is 0.491 e. The fraction of sp³-hybridized carbons (Fsp3) is 0.381. The Morgan fingerprint density at radius 2 is 2.03 bits per heavy atom. The van der Waals surface area contributed by atoms with Crippen LogP contribution in [0.2, 0.25) is 0 Å². The Hall–Kier alpha value is -3.13. The molecule has 152 valence electrons. The molecule has 3 aromatic rings. The van der Waals surface area contributed by atoms with Crippen LogP contribution in [0.5, 0.6) is 5.75 Å². The van der Waals surface area contributed by atoms with Gasteiger partial charge in [0, 0.05) is 18.3 Å². The Morgan fingerprint density at radius 1 is 1.14 bits per heavy atom. The zero-order chi connectivity index (χ0) is 19.9. The number of pyridine rings is 1. The highest BCUT2D eigenvalue weighted by molar-refractivity contribution is 5.53. The predicted molar refractivity (Wildman–Crippen MR) is 111 cm³/mol. The van der Waals surface area contributed by atoms with Gasteiger partial charge in [-0.25, -0.2) is 9.97 Å². The lowest BCUT2D eigenvalue weighted by Crippen LogP contribution is -2.25. The normalized spacial score (nSPS) is 14.1. The highest BCUT2D eigenvalue weighted by Gasteiger charge is 2.11. The first-order valence-corrected chi connectivity index (χ1v) is 9.94. The van der Waals surface area contributed by atoms with Crippen molar-refractivity contribution in [2.24, 2.45) is 0 Å². The summed E-state index contributed by atoms with van der Waals surface area (Å²) in [5.74, 6) is 3.51. The fourth-order valence-corrected chi connectivity index (χ4v) is 3.22. The number of furan rings is 1. The van der Waals surface area contributed by atoms with Gasteiger partial charge in [-0.15, -0.1) is 0 Å². The van der Waals surface area contributed by atoms with E-state index in [4.69, 9.17) is 9.15 Å². The SMILES string of the molecule is Cc1cnc(Nc2ccc(OCCN3CCCC3)cn2)nc1NCc1ccco1. The minimum Gasteiger partial charge on any atom is -0.491 e. The number of aromatic nitrogens is 3. The van der Waals surface area contributed by atoms with E-state index in [2.05, 4.69) is 30.5 Å². The van der Waals surface area contributed by atoms with Crippen LogP contribution in [0.15, 0.2) is 47.3 Å². The Labute approximate surface area is 170 Å². The number of likely N-dealkylation sites (tertiary alicyclic amines) is 1. The van der Waals surface area contributed by atoms with E-state index < -0.39 is 0 Å². The molecule has 0 aliphatic carbocycles. The number of rotatable bonds is 9. The van der Waals surface area contributed by atoms with Crippen LogP contribution in [-0.4, -0.2) is 46.1 Å². The number of nitrogens with one attached hydrogen (secondary N) is 2. The van der Waals surface area contributed by atoms with E-state index in [0.717, 1.165) is 29.4 Å². The summed E-state index contributed by atoms with van der Waals surface area (Å²) in [5, 5.41) is 6.40. The molecular formula is C21H26N6O2. The van der Waals surface area contributed by atoms with Gasteiger partial charge in [-0.2, -0.15) is 4.98 Å². The maximum Gasteiger partial charge on any atom is 0.230 e. The smallest absolute Gasteiger partial charge is 0.230 e. The van der Waals surface area contributed by atoms with E-state index in [1.807, 2.05) is 31.2 Å². The van der Waals surface area contributed by atoms with Gasteiger partial charge in [0.2, 0.25) is 5.95 Å². The van der Waals surface area contributed by atoms with Crippen molar-refractivity contribution in [3.05, 3.63) is 54.2 Å². The average Bonchev–Trinajstić information content (AvgIpc) is 3.44. The molecule has 0 aromatic carbocycles. The molecule has 0 saturated carbocycles. The van der Waals surface area contributed by atoms with Gasteiger partial charge < -0.3 is 19.8 Å². The monoisotopic (exact) mass is 394 g/mol. The molecule has 0 spiro atoms. The van der Waals surface area contributed by atoms with E-state index >= 15 is 0 Å². The minimum absolute atomic E-state index is 0.479. The van der Waals surface area contributed by atoms with Gasteiger partial charge >= 0.3 is 0 Å². The molecule has 4 rings (SSSR count). The van der Waals surface area contributed by atoms with Crippen LogP contribution in [0.3, 0.4) is 0 Å². The van der Waals surface area contributed by atoms with Gasteiger partial charge in [0.1, 0.15) is 29.8 Å². The lowest BCUT2D eigenvalue weighted by Gasteiger charge is -2.15. The van der Waals surface area contributed by atoms with Gasteiger partial charge in [-0.3, -0.25) is 4.90 Å². The maximum absolute atomic E-state index is 5.79. The zero-order valence-electron chi connectivity index (χ0n) is 16.6. The highest BCUT2D eigenvalue weighted by Crippen LogP contribution is 2.18. The summed E-state index contributed by atoms with van der Waals surface area (Å²) < 4.78 is 11.1. The summed E-state index contributed by atoms with van der Waals surface area (Å²) in [6.07, 6.45) is 7.74. The van der Waals surface area contributed by atoms with Crippen LogP contribution in [0.4, 0.5) is 17.6 Å². The van der Waals surface area contributed by atoms with Gasteiger partial charge in [0.05, 0.1) is 19.0 Å². The van der Waals surface area contributed by atoms with Crippen molar-refractivity contribution in [1.82, 2.24) is 19.9 Å². The number of hydrogen-bond donors (Lipinski definition) is 2.